The molecule has 1 fully saturated rings. The fraction of sp³-hybridized carbons (Fsp3) is 0.429. The van der Waals surface area contributed by atoms with Crippen LogP contribution in [0.3, 0.4) is 0 Å². The van der Waals surface area contributed by atoms with Crippen LogP contribution in [0, 0.1) is 3.57 Å². The molecule has 5 nitrogen and oxygen atoms in total. The fourth-order valence-corrected chi connectivity index (χ4v) is 2.63. The number of nitrogens with one attached hydrogen (secondary N) is 2. The van der Waals surface area contributed by atoms with Gasteiger partial charge in [-0.25, -0.2) is 0 Å². The van der Waals surface area contributed by atoms with Gasteiger partial charge in [0.25, 0.3) is 0 Å². The average molecular weight is 388 g/mol. The maximum atomic E-state index is 11.8. The van der Waals surface area contributed by atoms with Crippen LogP contribution in [0.15, 0.2) is 24.3 Å². The zero-order chi connectivity index (χ0) is 14.5. The SMILES string of the molecule is CC(NC(=O)C(=O)Nc1ccccc1I)C1CCCO1. The summed E-state index contributed by atoms with van der Waals surface area (Å²) >= 11 is 2.11. The summed E-state index contributed by atoms with van der Waals surface area (Å²) < 4.78 is 6.37. The topological polar surface area (TPSA) is 67.4 Å². The van der Waals surface area contributed by atoms with Crippen molar-refractivity contribution in [2.45, 2.75) is 31.9 Å². The maximum Gasteiger partial charge on any atom is 0.313 e. The number of hydrogen-bond acceptors (Lipinski definition) is 3. The molecule has 0 saturated carbocycles. The molecule has 1 aliphatic rings. The van der Waals surface area contributed by atoms with E-state index < -0.39 is 11.8 Å². The molecule has 2 amide bonds. The summed E-state index contributed by atoms with van der Waals surface area (Å²) in [7, 11) is 0. The Morgan fingerprint density at radius 2 is 2.10 bits per heavy atom. The molecule has 1 aliphatic heterocycles. The molecule has 108 valence electrons. The van der Waals surface area contributed by atoms with Crippen LogP contribution in [0.25, 0.3) is 0 Å². The molecule has 2 rings (SSSR count). The molecular weight excluding hydrogens is 371 g/mol. The molecule has 6 heteroatoms. The van der Waals surface area contributed by atoms with Crippen molar-refractivity contribution in [1.82, 2.24) is 5.32 Å². The van der Waals surface area contributed by atoms with E-state index in [1.807, 2.05) is 25.1 Å². The Balaban J connectivity index is 1.89. The first-order valence-electron chi connectivity index (χ1n) is 6.56. The number of benzene rings is 1. The lowest BCUT2D eigenvalue weighted by molar-refractivity contribution is -0.137. The third-order valence-corrected chi connectivity index (χ3v) is 4.15. The quantitative estimate of drug-likeness (QED) is 0.614. The summed E-state index contributed by atoms with van der Waals surface area (Å²) in [5, 5.41) is 5.29. The van der Waals surface area contributed by atoms with Crippen molar-refractivity contribution in [3.8, 4) is 0 Å². The first-order chi connectivity index (χ1) is 9.58. The molecule has 1 aromatic carbocycles. The van der Waals surface area contributed by atoms with E-state index in [0.29, 0.717) is 5.69 Å². The van der Waals surface area contributed by atoms with Gasteiger partial charge in [-0.3, -0.25) is 9.59 Å². The van der Waals surface area contributed by atoms with E-state index in [0.717, 1.165) is 23.0 Å². The van der Waals surface area contributed by atoms with Crippen LogP contribution in [-0.4, -0.2) is 30.6 Å². The van der Waals surface area contributed by atoms with E-state index in [-0.39, 0.29) is 12.1 Å². The van der Waals surface area contributed by atoms with Gasteiger partial charge in [0.05, 0.1) is 17.8 Å². The van der Waals surface area contributed by atoms with E-state index >= 15 is 0 Å². The maximum absolute atomic E-state index is 11.8. The summed E-state index contributed by atoms with van der Waals surface area (Å²) in [5.74, 6) is -1.29. The number of ether oxygens (including phenoxy) is 1. The Morgan fingerprint density at radius 1 is 1.35 bits per heavy atom. The summed E-state index contributed by atoms with van der Waals surface area (Å²) in [4.78, 5) is 23.7. The molecule has 0 aromatic heterocycles. The summed E-state index contributed by atoms with van der Waals surface area (Å²) in [6.45, 7) is 2.58. The number of para-hydroxylation sites is 1. The highest BCUT2D eigenvalue weighted by molar-refractivity contribution is 14.1. The van der Waals surface area contributed by atoms with Crippen molar-refractivity contribution in [3.05, 3.63) is 27.8 Å². The van der Waals surface area contributed by atoms with Crippen LogP contribution >= 0.6 is 22.6 Å². The molecule has 2 atom stereocenters. The lowest BCUT2D eigenvalue weighted by Crippen LogP contribution is -2.45. The Bertz CT molecular complexity index is 501. The molecule has 1 aromatic rings. The van der Waals surface area contributed by atoms with Crippen LogP contribution < -0.4 is 10.6 Å². The van der Waals surface area contributed by atoms with Crippen molar-refractivity contribution < 1.29 is 14.3 Å². The molecule has 1 heterocycles. The number of halogens is 1. The monoisotopic (exact) mass is 388 g/mol. The van der Waals surface area contributed by atoms with Gasteiger partial charge in [0.15, 0.2) is 0 Å². The zero-order valence-corrected chi connectivity index (χ0v) is 13.3. The Kier molecular flexibility index (Phi) is 5.36. The minimum Gasteiger partial charge on any atom is -0.376 e. The van der Waals surface area contributed by atoms with E-state index in [1.165, 1.54) is 0 Å². The van der Waals surface area contributed by atoms with Gasteiger partial charge >= 0.3 is 11.8 Å². The van der Waals surface area contributed by atoms with E-state index in [9.17, 15) is 9.59 Å². The van der Waals surface area contributed by atoms with Gasteiger partial charge in [0, 0.05) is 10.2 Å². The highest BCUT2D eigenvalue weighted by Gasteiger charge is 2.25. The van der Waals surface area contributed by atoms with Gasteiger partial charge in [-0.1, -0.05) is 12.1 Å². The Morgan fingerprint density at radius 3 is 2.75 bits per heavy atom. The molecule has 0 aliphatic carbocycles. The van der Waals surface area contributed by atoms with Gasteiger partial charge < -0.3 is 15.4 Å². The second-order valence-corrected chi connectivity index (χ2v) is 5.91. The van der Waals surface area contributed by atoms with Crippen LogP contribution in [0.1, 0.15) is 19.8 Å². The van der Waals surface area contributed by atoms with Crippen LogP contribution in [0.2, 0.25) is 0 Å². The lowest BCUT2D eigenvalue weighted by Gasteiger charge is -2.19. The van der Waals surface area contributed by atoms with Crippen LogP contribution in [-0.2, 0) is 14.3 Å². The van der Waals surface area contributed by atoms with Crippen molar-refractivity contribution >= 4 is 40.1 Å². The predicted molar refractivity (Wildman–Crippen MR) is 84.4 cm³/mol. The smallest absolute Gasteiger partial charge is 0.313 e. The molecular formula is C14H17IN2O3. The van der Waals surface area contributed by atoms with Crippen molar-refractivity contribution in [2.75, 3.05) is 11.9 Å². The number of anilines is 1. The first-order valence-corrected chi connectivity index (χ1v) is 7.64. The third kappa shape index (κ3) is 3.92. The molecule has 0 bridgehead atoms. The van der Waals surface area contributed by atoms with Crippen LogP contribution in [0.4, 0.5) is 5.69 Å². The summed E-state index contributed by atoms with van der Waals surface area (Å²) in [6, 6.07) is 7.15. The minimum atomic E-state index is -0.654. The minimum absolute atomic E-state index is 0.00334. The van der Waals surface area contributed by atoms with Gasteiger partial charge in [-0.05, 0) is 54.5 Å². The van der Waals surface area contributed by atoms with E-state index in [2.05, 4.69) is 33.2 Å². The highest BCUT2D eigenvalue weighted by atomic mass is 127. The average Bonchev–Trinajstić information content (AvgIpc) is 2.95. The normalized spacial score (nSPS) is 19.4. The summed E-state index contributed by atoms with van der Waals surface area (Å²) in [6.07, 6.45) is 1.92. The highest BCUT2D eigenvalue weighted by Crippen LogP contribution is 2.17. The molecule has 2 N–H and O–H groups in total. The second kappa shape index (κ2) is 7.03. The van der Waals surface area contributed by atoms with Crippen molar-refractivity contribution in [3.63, 3.8) is 0 Å². The number of carbonyl (C=O) groups excluding carboxylic acids is 2. The van der Waals surface area contributed by atoms with Gasteiger partial charge in [0.2, 0.25) is 0 Å². The second-order valence-electron chi connectivity index (χ2n) is 4.75. The number of amides is 2. The van der Waals surface area contributed by atoms with Gasteiger partial charge in [0.1, 0.15) is 0 Å². The van der Waals surface area contributed by atoms with Crippen molar-refractivity contribution in [1.29, 1.82) is 0 Å². The number of hydrogen-bond donors (Lipinski definition) is 2. The first kappa shape index (κ1) is 15.2. The van der Waals surface area contributed by atoms with E-state index in [1.54, 1.807) is 6.07 Å². The van der Waals surface area contributed by atoms with Gasteiger partial charge in [-0.2, -0.15) is 0 Å². The lowest BCUT2D eigenvalue weighted by atomic mass is 10.1. The predicted octanol–water partition coefficient (Wildman–Crippen LogP) is 1.91. The molecule has 1 saturated heterocycles. The zero-order valence-electron chi connectivity index (χ0n) is 11.2. The number of carbonyl (C=O) groups is 2. The van der Waals surface area contributed by atoms with E-state index in [4.69, 9.17) is 4.74 Å². The van der Waals surface area contributed by atoms with Crippen LogP contribution in [0.5, 0.6) is 0 Å². The third-order valence-electron chi connectivity index (χ3n) is 3.21. The Hall–Kier alpha value is -1.15. The molecule has 0 spiro atoms. The fourth-order valence-electron chi connectivity index (χ4n) is 2.10. The standard InChI is InChI=1S/C14H17IN2O3/c1-9(12-7-4-8-20-12)16-13(18)14(19)17-11-6-3-2-5-10(11)15/h2-3,5-6,9,12H,4,7-8H2,1H3,(H,16,18)(H,17,19). The summed E-state index contributed by atoms with van der Waals surface area (Å²) in [5.41, 5.74) is 0.637. The molecule has 0 radical (unpaired) electrons. The van der Waals surface area contributed by atoms with Crippen molar-refractivity contribution in [2.24, 2.45) is 0 Å². The number of rotatable bonds is 3. The molecule has 2 unspecified atom stereocenters. The Labute approximate surface area is 131 Å². The largest absolute Gasteiger partial charge is 0.376 e. The van der Waals surface area contributed by atoms with Gasteiger partial charge in [-0.15, -0.1) is 0 Å². The molecule has 20 heavy (non-hydrogen) atoms.